The van der Waals surface area contributed by atoms with Gasteiger partial charge in [0, 0.05) is 12.7 Å². The molecule has 0 spiro atoms. The molecule has 1 aliphatic heterocycles. The molecule has 0 bridgehead atoms. The van der Waals surface area contributed by atoms with Gasteiger partial charge in [-0.3, -0.25) is 9.36 Å². The summed E-state index contributed by atoms with van der Waals surface area (Å²) in [6.07, 6.45) is 5.46. The number of allylic oxidation sites excluding steroid dienone is 1. The van der Waals surface area contributed by atoms with Crippen LogP contribution < -0.4 is 5.56 Å². The maximum Gasteiger partial charge on any atom is 0.342 e. The maximum atomic E-state index is 11.6. The van der Waals surface area contributed by atoms with E-state index >= 15 is 0 Å². The molecule has 5 heteroatoms. The van der Waals surface area contributed by atoms with E-state index in [0.717, 1.165) is 12.6 Å². The van der Waals surface area contributed by atoms with Gasteiger partial charge in [-0.15, -0.1) is 0 Å². The predicted octanol–water partition coefficient (Wildman–Crippen LogP) is 0.358. The highest BCUT2D eigenvalue weighted by Gasteiger charge is 2.14. The Bertz CT molecular complexity index is 473. The lowest BCUT2D eigenvalue weighted by molar-refractivity contribution is 0.0693. The molecule has 72 valence electrons. The Balaban J connectivity index is 2.67. The number of fused-ring (bicyclic) bond motifs is 1. The van der Waals surface area contributed by atoms with Crippen molar-refractivity contribution in [2.75, 3.05) is 0 Å². The van der Waals surface area contributed by atoms with Crippen molar-refractivity contribution in [2.24, 2.45) is 0 Å². The molecule has 0 aliphatic carbocycles. The van der Waals surface area contributed by atoms with Gasteiger partial charge in [0.15, 0.2) is 0 Å². The molecule has 0 atom stereocenters. The zero-order chi connectivity index (χ0) is 10.1. The van der Waals surface area contributed by atoms with Gasteiger partial charge in [-0.1, -0.05) is 6.08 Å². The van der Waals surface area contributed by atoms with E-state index in [4.69, 9.17) is 5.11 Å². The van der Waals surface area contributed by atoms with Gasteiger partial charge in [0.05, 0.1) is 0 Å². The molecule has 14 heavy (non-hydrogen) atoms. The van der Waals surface area contributed by atoms with Crippen molar-refractivity contribution in [3.05, 3.63) is 34.0 Å². The summed E-state index contributed by atoms with van der Waals surface area (Å²) < 4.78 is 1.38. The summed E-state index contributed by atoms with van der Waals surface area (Å²) in [6.45, 7) is 0.499. The van der Waals surface area contributed by atoms with Gasteiger partial charge in [0.2, 0.25) is 0 Å². The number of nitrogens with zero attached hydrogens (tertiary/aromatic N) is 2. The molecule has 0 saturated heterocycles. The molecule has 1 aliphatic rings. The fourth-order valence-corrected chi connectivity index (χ4v) is 1.39. The molecule has 0 saturated carbocycles. The minimum Gasteiger partial charge on any atom is -0.477 e. The lowest BCUT2D eigenvalue weighted by atomic mass is 10.2. The highest BCUT2D eigenvalue weighted by Crippen LogP contribution is 2.06. The van der Waals surface area contributed by atoms with E-state index in [1.54, 1.807) is 6.08 Å². The minimum absolute atomic E-state index is 0.274. The van der Waals surface area contributed by atoms with Crippen molar-refractivity contribution >= 4 is 12.0 Å². The van der Waals surface area contributed by atoms with E-state index < -0.39 is 11.5 Å². The van der Waals surface area contributed by atoms with Crippen LogP contribution in [0.1, 0.15) is 22.6 Å². The first-order valence-corrected chi connectivity index (χ1v) is 4.20. The van der Waals surface area contributed by atoms with Crippen LogP contribution in [0.25, 0.3) is 6.08 Å². The molecule has 0 unspecified atom stereocenters. The molecule has 1 aromatic heterocycles. The van der Waals surface area contributed by atoms with Gasteiger partial charge in [-0.05, 0) is 12.5 Å². The summed E-state index contributed by atoms with van der Waals surface area (Å²) in [7, 11) is 0. The second-order valence-corrected chi connectivity index (χ2v) is 2.98. The third kappa shape index (κ3) is 1.22. The quantitative estimate of drug-likeness (QED) is 0.697. The molecule has 0 amide bonds. The molecule has 2 rings (SSSR count). The monoisotopic (exact) mass is 192 g/mol. The van der Waals surface area contributed by atoms with Crippen molar-refractivity contribution in [2.45, 2.75) is 13.0 Å². The molecule has 0 aromatic carbocycles. The highest BCUT2D eigenvalue weighted by atomic mass is 16.4. The van der Waals surface area contributed by atoms with Crippen LogP contribution in [-0.4, -0.2) is 20.6 Å². The number of aromatic carboxylic acids is 1. The zero-order valence-corrected chi connectivity index (χ0v) is 7.30. The molecule has 5 nitrogen and oxygen atoms in total. The topological polar surface area (TPSA) is 72.2 Å². The zero-order valence-electron chi connectivity index (χ0n) is 7.30. The largest absolute Gasteiger partial charge is 0.477 e. The Hall–Kier alpha value is -1.91. The van der Waals surface area contributed by atoms with Gasteiger partial charge in [0.1, 0.15) is 11.4 Å². The minimum atomic E-state index is -1.23. The van der Waals surface area contributed by atoms with Gasteiger partial charge >= 0.3 is 5.97 Å². The Morgan fingerprint density at radius 2 is 2.36 bits per heavy atom. The molecule has 0 radical (unpaired) electrons. The molecular formula is C9H8N2O3. The fraction of sp³-hybridized carbons (Fsp3) is 0.222. The number of carboxylic acids is 1. The second-order valence-electron chi connectivity index (χ2n) is 2.98. The SMILES string of the molecule is O=C(O)c1cnc2n(c1=O)CCC=C2. The normalized spacial score (nSPS) is 13.7. The Kier molecular flexibility index (Phi) is 1.92. The summed E-state index contributed by atoms with van der Waals surface area (Å²) >= 11 is 0. The third-order valence-electron chi connectivity index (χ3n) is 2.09. The van der Waals surface area contributed by atoms with Crippen LogP contribution in [0.15, 0.2) is 17.1 Å². The van der Waals surface area contributed by atoms with Gasteiger partial charge in [-0.25, -0.2) is 9.78 Å². The van der Waals surface area contributed by atoms with Crippen molar-refractivity contribution in [1.82, 2.24) is 9.55 Å². The summed E-state index contributed by atoms with van der Waals surface area (Å²) in [6, 6.07) is 0. The highest BCUT2D eigenvalue weighted by molar-refractivity contribution is 5.86. The second kappa shape index (κ2) is 3.10. The van der Waals surface area contributed by atoms with Gasteiger partial charge in [-0.2, -0.15) is 0 Å². The predicted molar refractivity (Wildman–Crippen MR) is 49.1 cm³/mol. The number of carbonyl (C=O) groups is 1. The van der Waals surface area contributed by atoms with E-state index in [1.807, 2.05) is 6.08 Å². The first-order valence-electron chi connectivity index (χ1n) is 4.20. The van der Waals surface area contributed by atoms with Crippen LogP contribution in [0.5, 0.6) is 0 Å². The molecule has 1 N–H and O–H groups in total. The standard InChI is InChI=1S/C9H8N2O3/c12-8-6(9(13)14)5-10-7-3-1-2-4-11(7)8/h1,3,5H,2,4H2,(H,13,14). The van der Waals surface area contributed by atoms with Crippen molar-refractivity contribution in [3.8, 4) is 0 Å². The lowest BCUT2D eigenvalue weighted by Crippen LogP contribution is -2.30. The van der Waals surface area contributed by atoms with E-state index in [9.17, 15) is 9.59 Å². The Morgan fingerprint density at radius 3 is 3.07 bits per heavy atom. The van der Waals surface area contributed by atoms with E-state index in [0.29, 0.717) is 12.4 Å². The summed E-state index contributed by atoms with van der Waals surface area (Å²) in [5, 5.41) is 8.70. The number of aromatic nitrogens is 2. The van der Waals surface area contributed by atoms with E-state index in [-0.39, 0.29) is 5.56 Å². The Labute approximate surface area is 79.3 Å². The smallest absolute Gasteiger partial charge is 0.342 e. The number of rotatable bonds is 1. The maximum absolute atomic E-state index is 11.6. The third-order valence-corrected chi connectivity index (χ3v) is 2.09. The van der Waals surface area contributed by atoms with Crippen molar-refractivity contribution in [1.29, 1.82) is 0 Å². The average molecular weight is 192 g/mol. The van der Waals surface area contributed by atoms with Crippen molar-refractivity contribution < 1.29 is 9.90 Å². The Morgan fingerprint density at radius 1 is 1.57 bits per heavy atom. The lowest BCUT2D eigenvalue weighted by Gasteiger charge is -2.12. The summed E-state index contributed by atoms with van der Waals surface area (Å²) in [5.74, 6) is -0.710. The summed E-state index contributed by atoms with van der Waals surface area (Å²) in [4.78, 5) is 26.1. The summed E-state index contributed by atoms with van der Waals surface area (Å²) in [5.41, 5.74) is -0.754. The van der Waals surface area contributed by atoms with Crippen LogP contribution in [0, 0.1) is 0 Å². The molecule has 2 heterocycles. The van der Waals surface area contributed by atoms with Crippen LogP contribution in [0.4, 0.5) is 0 Å². The van der Waals surface area contributed by atoms with Gasteiger partial charge in [0.25, 0.3) is 5.56 Å². The first-order chi connectivity index (χ1) is 6.70. The average Bonchev–Trinajstić information content (AvgIpc) is 2.18. The fourth-order valence-electron chi connectivity index (χ4n) is 1.39. The number of carboxylic acid groups (broad SMARTS) is 1. The van der Waals surface area contributed by atoms with E-state index in [2.05, 4.69) is 4.98 Å². The van der Waals surface area contributed by atoms with Crippen molar-refractivity contribution in [3.63, 3.8) is 0 Å². The molecular weight excluding hydrogens is 184 g/mol. The van der Waals surface area contributed by atoms with Crippen LogP contribution in [0.3, 0.4) is 0 Å². The number of hydrogen-bond donors (Lipinski definition) is 1. The number of hydrogen-bond acceptors (Lipinski definition) is 3. The van der Waals surface area contributed by atoms with Crippen LogP contribution >= 0.6 is 0 Å². The van der Waals surface area contributed by atoms with Gasteiger partial charge < -0.3 is 5.11 Å². The van der Waals surface area contributed by atoms with Crippen LogP contribution in [0.2, 0.25) is 0 Å². The van der Waals surface area contributed by atoms with E-state index in [1.165, 1.54) is 4.57 Å². The van der Waals surface area contributed by atoms with Crippen LogP contribution in [-0.2, 0) is 6.54 Å². The molecule has 0 fully saturated rings. The first kappa shape index (κ1) is 8.68. The molecule has 1 aromatic rings.